The standard InChI is InChI=1S/C19H23N3O3/c1-11-18(12(2)25-22-11)13-7-8-16-15(9-13)20-10-17(24-16)19(23)21-14-5-3-4-6-14/h7-9,14,17,20H,3-6,10H2,1-2H3,(H,21,23). The molecule has 2 heterocycles. The molecule has 6 nitrogen and oxygen atoms in total. The third kappa shape index (κ3) is 3.08. The molecule has 1 aliphatic heterocycles. The van der Waals surface area contributed by atoms with Crippen LogP contribution in [0.1, 0.15) is 37.1 Å². The van der Waals surface area contributed by atoms with Crippen LogP contribution in [0, 0.1) is 13.8 Å². The first kappa shape index (κ1) is 16.0. The van der Waals surface area contributed by atoms with Crippen LogP contribution < -0.4 is 15.4 Å². The second-order valence-corrected chi connectivity index (χ2v) is 6.89. The van der Waals surface area contributed by atoms with Crippen molar-refractivity contribution in [3.8, 4) is 16.9 Å². The van der Waals surface area contributed by atoms with Gasteiger partial charge in [0.1, 0.15) is 11.5 Å². The number of hydrogen-bond acceptors (Lipinski definition) is 5. The van der Waals surface area contributed by atoms with E-state index in [9.17, 15) is 4.79 Å². The summed E-state index contributed by atoms with van der Waals surface area (Å²) in [4.78, 5) is 12.4. The Morgan fingerprint density at radius 2 is 2.08 bits per heavy atom. The van der Waals surface area contributed by atoms with Crippen molar-refractivity contribution in [1.29, 1.82) is 0 Å². The van der Waals surface area contributed by atoms with E-state index < -0.39 is 6.10 Å². The molecule has 1 amide bonds. The van der Waals surface area contributed by atoms with Gasteiger partial charge >= 0.3 is 0 Å². The zero-order valence-electron chi connectivity index (χ0n) is 14.6. The van der Waals surface area contributed by atoms with Crippen LogP contribution in [0.2, 0.25) is 0 Å². The molecule has 1 atom stereocenters. The highest BCUT2D eigenvalue weighted by molar-refractivity contribution is 5.84. The Morgan fingerprint density at radius 1 is 1.28 bits per heavy atom. The number of benzene rings is 1. The molecule has 0 radical (unpaired) electrons. The minimum absolute atomic E-state index is 0.0279. The molecule has 1 fully saturated rings. The summed E-state index contributed by atoms with van der Waals surface area (Å²) in [5, 5.41) is 10.4. The number of anilines is 1. The SMILES string of the molecule is Cc1noc(C)c1-c1ccc2c(c1)NCC(C(=O)NC1CCCC1)O2. The fraction of sp³-hybridized carbons (Fsp3) is 0.474. The highest BCUT2D eigenvalue weighted by Gasteiger charge is 2.28. The number of aryl methyl sites for hydroxylation is 2. The molecule has 0 bridgehead atoms. The molecular formula is C19H23N3O3. The molecule has 4 rings (SSSR count). The molecule has 6 heteroatoms. The first-order valence-corrected chi connectivity index (χ1v) is 8.90. The number of nitrogens with zero attached hydrogens (tertiary/aromatic N) is 1. The van der Waals surface area contributed by atoms with E-state index in [4.69, 9.17) is 9.26 Å². The number of amides is 1. The van der Waals surface area contributed by atoms with E-state index in [1.807, 2.05) is 32.0 Å². The average molecular weight is 341 g/mol. The van der Waals surface area contributed by atoms with Crippen LogP contribution in [0.5, 0.6) is 5.75 Å². The van der Waals surface area contributed by atoms with Gasteiger partial charge in [0.2, 0.25) is 0 Å². The normalized spacial score (nSPS) is 19.8. The number of rotatable bonds is 3. The third-order valence-electron chi connectivity index (χ3n) is 5.04. The summed E-state index contributed by atoms with van der Waals surface area (Å²) < 4.78 is 11.2. The van der Waals surface area contributed by atoms with Crippen LogP contribution in [0.25, 0.3) is 11.1 Å². The Hall–Kier alpha value is -2.50. The molecule has 1 aromatic carbocycles. The predicted molar refractivity (Wildman–Crippen MR) is 94.7 cm³/mol. The van der Waals surface area contributed by atoms with Crippen molar-refractivity contribution in [2.24, 2.45) is 0 Å². The minimum Gasteiger partial charge on any atom is -0.477 e. The number of hydrogen-bond donors (Lipinski definition) is 2. The predicted octanol–water partition coefficient (Wildman–Crippen LogP) is 3.19. The summed E-state index contributed by atoms with van der Waals surface area (Å²) in [6.45, 7) is 4.30. The van der Waals surface area contributed by atoms with Crippen LogP contribution in [0.3, 0.4) is 0 Å². The monoisotopic (exact) mass is 341 g/mol. The van der Waals surface area contributed by atoms with Crippen LogP contribution in [0.15, 0.2) is 22.7 Å². The Kier molecular flexibility index (Phi) is 4.11. The maximum atomic E-state index is 12.4. The van der Waals surface area contributed by atoms with Gasteiger partial charge in [-0.2, -0.15) is 0 Å². The summed E-state index contributed by atoms with van der Waals surface area (Å²) in [7, 11) is 0. The summed E-state index contributed by atoms with van der Waals surface area (Å²) in [5.74, 6) is 1.47. The van der Waals surface area contributed by atoms with Crippen LogP contribution >= 0.6 is 0 Å². The second-order valence-electron chi connectivity index (χ2n) is 6.89. The van der Waals surface area contributed by atoms with Gasteiger partial charge in [-0.15, -0.1) is 0 Å². The zero-order valence-corrected chi connectivity index (χ0v) is 14.6. The molecule has 2 aliphatic rings. The van der Waals surface area contributed by atoms with Gasteiger partial charge in [-0.05, 0) is 44.4 Å². The van der Waals surface area contributed by atoms with Gasteiger partial charge < -0.3 is 19.9 Å². The zero-order chi connectivity index (χ0) is 17.4. The molecule has 1 aromatic heterocycles. The molecule has 2 aromatic rings. The lowest BCUT2D eigenvalue weighted by Gasteiger charge is -2.28. The van der Waals surface area contributed by atoms with Crippen LogP contribution in [-0.4, -0.2) is 29.8 Å². The molecule has 1 unspecified atom stereocenters. The molecule has 0 spiro atoms. The average Bonchev–Trinajstić information content (AvgIpc) is 3.24. The second kappa shape index (κ2) is 6.43. The summed E-state index contributed by atoms with van der Waals surface area (Å²) in [5.41, 5.74) is 3.79. The third-order valence-corrected chi connectivity index (χ3v) is 5.04. The topological polar surface area (TPSA) is 76.4 Å². The van der Waals surface area contributed by atoms with Crippen molar-refractivity contribution >= 4 is 11.6 Å². The van der Waals surface area contributed by atoms with Gasteiger partial charge in [-0.25, -0.2) is 0 Å². The van der Waals surface area contributed by atoms with Gasteiger partial charge in [0, 0.05) is 11.6 Å². The smallest absolute Gasteiger partial charge is 0.263 e. The lowest BCUT2D eigenvalue weighted by Crippen LogP contribution is -2.47. The van der Waals surface area contributed by atoms with Crippen LogP contribution in [0.4, 0.5) is 5.69 Å². The number of fused-ring (bicyclic) bond motifs is 1. The molecule has 0 saturated heterocycles. The Balaban J connectivity index is 1.50. The van der Waals surface area contributed by atoms with Gasteiger partial charge in [0.05, 0.1) is 17.9 Å². The first-order valence-electron chi connectivity index (χ1n) is 8.90. The molecular weight excluding hydrogens is 318 g/mol. The number of ether oxygens (including phenoxy) is 1. The molecule has 25 heavy (non-hydrogen) atoms. The lowest BCUT2D eigenvalue weighted by molar-refractivity contribution is -0.128. The highest BCUT2D eigenvalue weighted by Crippen LogP contribution is 2.36. The highest BCUT2D eigenvalue weighted by atomic mass is 16.5. The van der Waals surface area contributed by atoms with Gasteiger partial charge in [-0.3, -0.25) is 4.79 Å². The fourth-order valence-electron chi connectivity index (χ4n) is 3.73. The Bertz CT molecular complexity index is 774. The Labute approximate surface area is 146 Å². The van der Waals surface area contributed by atoms with Crippen molar-refractivity contribution in [1.82, 2.24) is 10.5 Å². The summed E-state index contributed by atoms with van der Waals surface area (Å²) >= 11 is 0. The number of aromatic nitrogens is 1. The Morgan fingerprint density at radius 3 is 2.80 bits per heavy atom. The van der Waals surface area contributed by atoms with E-state index in [2.05, 4.69) is 15.8 Å². The number of carbonyl (C=O) groups is 1. The van der Waals surface area contributed by atoms with E-state index in [1.54, 1.807) is 0 Å². The van der Waals surface area contributed by atoms with Gasteiger partial charge in [0.15, 0.2) is 6.10 Å². The molecule has 1 saturated carbocycles. The van der Waals surface area contributed by atoms with Crippen molar-refractivity contribution in [2.75, 3.05) is 11.9 Å². The molecule has 132 valence electrons. The minimum atomic E-state index is -0.488. The van der Waals surface area contributed by atoms with Crippen molar-refractivity contribution in [2.45, 2.75) is 51.7 Å². The summed E-state index contributed by atoms with van der Waals surface area (Å²) in [6.07, 6.45) is 4.05. The fourth-order valence-corrected chi connectivity index (χ4v) is 3.73. The molecule has 2 N–H and O–H groups in total. The molecule has 1 aliphatic carbocycles. The van der Waals surface area contributed by atoms with Gasteiger partial charge in [-0.1, -0.05) is 24.1 Å². The largest absolute Gasteiger partial charge is 0.477 e. The lowest BCUT2D eigenvalue weighted by atomic mass is 10.0. The van der Waals surface area contributed by atoms with Crippen LogP contribution in [-0.2, 0) is 4.79 Å². The van der Waals surface area contributed by atoms with Crippen molar-refractivity contribution < 1.29 is 14.1 Å². The van der Waals surface area contributed by atoms with E-state index in [-0.39, 0.29) is 5.91 Å². The number of nitrogens with one attached hydrogen (secondary N) is 2. The van der Waals surface area contributed by atoms with E-state index in [0.717, 1.165) is 41.1 Å². The maximum absolute atomic E-state index is 12.4. The van der Waals surface area contributed by atoms with Crippen molar-refractivity contribution in [3.63, 3.8) is 0 Å². The van der Waals surface area contributed by atoms with Crippen molar-refractivity contribution in [3.05, 3.63) is 29.7 Å². The van der Waals surface area contributed by atoms with Gasteiger partial charge in [0.25, 0.3) is 5.91 Å². The number of carbonyl (C=O) groups excluding carboxylic acids is 1. The first-order chi connectivity index (χ1) is 12.1. The van der Waals surface area contributed by atoms with E-state index in [1.165, 1.54) is 12.8 Å². The van der Waals surface area contributed by atoms with E-state index in [0.29, 0.717) is 18.3 Å². The maximum Gasteiger partial charge on any atom is 0.263 e. The quantitative estimate of drug-likeness (QED) is 0.897. The summed E-state index contributed by atoms with van der Waals surface area (Å²) in [6, 6.07) is 6.20. The van der Waals surface area contributed by atoms with E-state index >= 15 is 0 Å².